The molecule has 0 aliphatic rings. The molecule has 3 aromatic heterocycles. The van der Waals surface area contributed by atoms with Gasteiger partial charge in [-0.3, -0.25) is 0 Å². The Kier molecular flexibility index (Phi) is 8.55. The number of benzene rings is 11. The van der Waals surface area contributed by atoms with E-state index in [1.54, 1.807) is 0 Å². The molecule has 4 heteroatoms. The number of fused-ring (bicyclic) bond motifs is 10. The monoisotopic (exact) mass is 868 g/mol. The van der Waals surface area contributed by atoms with Gasteiger partial charge in [-0.25, -0.2) is 0 Å². The molecule has 0 atom stereocenters. The summed E-state index contributed by atoms with van der Waals surface area (Å²) in [6, 6.07) is 86.9. The van der Waals surface area contributed by atoms with Crippen LogP contribution in [0.15, 0.2) is 251 Å². The van der Waals surface area contributed by atoms with Gasteiger partial charge in [-0.05, 0) is 117 Å². The number of rotatable bonds is 7. The number of hydrogen-bond acceptors (Lipinski definition) is 3. The summed E-state index contributed by atoms with van der Waals surface area (Å²) in [7, 11) is 0. The van der Waals surface area contributed by atoms with Crippen molar-refractivity contribution in [3.8, 4) is 39.1 Å². The first-order chi connectivity index (χ1) is 33.7. The fourth-order valence-corrected chi connectivity index (χ4v) is 10.7. The molecule has 0 N–H and O–H groups in total. The molecule has 0 fully saturated rings. The number of furan rings is 2. The van der Waals surface area contributed by atoms with Crippen molar-refractivity contribution in [1.29, 1.82) is 0 Å². The lowest BCUT2D eigenvalue weighted by atomic mass is 9.96. The van der Waals surface area contributed by atoms with Crippen molar-refractivity contribution < 1.29 is 8.83 Å². The average Bonchev–Trinajstić information content (AvgIpc) is 4.09. The highest BCUT2D eigenvalue weighted by Gasteiger charge is 2.24. The van der Waals surface area contributed by atoms with Gasteiger partial charge in [0, 0.05) is 54.9 Å². The lowest BCUT2D eigenvalue weighted by molar-refractivity contribution is 0.669. The number of para-hydroxylation sites is 4. The van der Waals surface area contributed by atoms with Crippen LogP contribution in [0.25, 0.3) is 116 Å². The SMILES string of the molecule is c1ccc2c(-c3ccc(N(c4ccc(-c5cccc6oc7ccccc7c56)cc4)c4ccc5c(oc6ccccc65)c4-c4ccc(-n5c6ccccc6c6ccccc65)cc4)cc3)cccc2c1. The van der Waals surface area contributed by atoms with Gasteiger partial charge in [0.15, 0.2) is 0 Å². The molecule has 0 saturated carbocycles. The largest absolute Gasteiger partial charge is 0.456 e. The third kappa shape index (κ3) is 5.94. The molecule has 0 radical (unpaired) electrons. The van der Waals surface area contributed by atoms with Gasteiger partial charge >= 0.3 is 0 Å². The molecule has 0 spiro atoms. The zero-order valence-electron chi connectivity index (χ0n) is 36.8. The molecule has 0 amide bonds. The van der Waals surface area contributed by atoms with Crippen molar-refractivity contribution in [2.45, 2.75) is 0 Å². The van der Waals surface area contributed by atoms with Gasteiger partial charge in [-0.2, -0.15) is 0 Å². The van der Waals surface area contributed by atoms with Crippen LogP contribution in [0.5, 0.6) is 0 Å². The van der Waals surface area contributed by atoms with Crippen molar-refractivity contribution >= 4 is 93.5 Å². The molecule has 0 saturated heterocycles. The Labute approximate surface area is 391 Å². The summed E-state index contributed by atoms with van der Waals surface area (Å²) in [5.74, 6) is 0. The van der Waals surface area contributed by atoms with E-state index in [4.69, 9.17) is 8.83 Å². The average molecular weight is 869 g/mol. The summed E-state index contributed by atoms with van der Waals surface area (Å²) < 4.78 is 15.6. The predicted octanol–water partition coefficient (Wildman–Crippen LogP) is 18.2. The zero-order valence-corrected chi connectivity index (χ0v) is 36.8. The van der Waals surface area contributed by atoms with E-state index in [1.807, 2.05) is 18.2 Å². The smallest absolute Gasteiger partial charge is 0.145 e. The van der Waals surface area contributed by atoms with Gasteiger partial charge in [-0.15, -0.1) is 0 Å². The summed E-state index contributed by atoms with van der Waals surface area (Å²) in [4.78, 5) is 2.38. The number of hydrogen-bond donors (Lipinski definition) is 0. The van der Waals surface area contributed by atoms with Gasteiger partial charge in [0.25, 0.3) is 0 Å². The van der Waals surface area contributed by atoms with E-state index < -0.39 is 0 Å². The lowest BCUT2D eigenvalue weighted by Gasteiger charge is -2.28. The second-order valence-electron chi connectivity index (χ2n) is 17.6. The minimum atomic E-state index is 0.848. The second-order valence-corrected chi connectivity index (χ2v) is 17.6. The van der Waals surface area contributed by atoms with Gasteiger partial charge in [-0.1, -0.05) is 164 Å². The first kappa shape index (κ1) is 38.2. The third-order valence-electron chi connectivity index (χ3n) is 13.8. The van der Waals surface area contributed by atoms with Crippen molar-refractivity contribution in [2.75, 3.05) is 4.90 Å². The lowest BCUT2D eigenvalue weighted by Crippen LogP contribution is -2.11. The van der Waals surface area contributed by atoms with Crippen molar-refractivity contribution in [3.63, 3.8) is 0 Å². The van der Waals surface area contributed by atoms with Crippen LogP contribution >= 0.6 is 0 Å². The Hall–Kier alpha value is -9.12. The minimum absolute atomic E-state index is 0.848. The Bertz CT molecular complexity index is 4190. The molecule has 0 bridgehead atoms. The molecule has 3 heterocycles. The van der Waals surface area contributed by atoms with Crippen LogP contribution in [-0.4, -0.2) is 4.57 Å². The highest BCUT2D eigenvalue weighted by molar-refractivity contribution is 6.15. The second kappa shape index (κ2) is 15.2. The van der Waals surface area contributed by atoms with E-state index in [1.165, 1.54) is 38.1 Å². The Morgan fingerprint density at radius 1 is 0.324 bits per heavy atom. The zero-order chi connectivity index (χ0) is 44.7. The van der Waals surface area contributed by atoms with Gasteiger partial charge < -0.3 is 18.3 Å². The molecular formula is C64H40N2O2. The Morgan fingerprint density at radius 3 is 1.54 bits per heavy atom. The maximum atomic E-state index is 6.94. The van der Waals surface area contributed by atoms with Crippen LogP contribution in [0.2, 0.25) is 0 Å². The third-order valence-corrected chi connectivity index (χ3v) is 13.8. The number of nitrogens with zero attached hydrogens (tertiary/aromatic N) is 2. The van der Waals surface area contributed by atoms with E-state index in [0.29, 0.717) is 0 Å². The summed E-state index contributed by atoms with van der Waals surface area (Å²) in [5.41, 5.74) is 16.7. The van der Waals surface area contributed by atoms with E-state index >= 15 is 0 Å². The topological polar surface area (TPSA) is 34.5 Å². The summed E-state index contributed by atoms with van der Waals surface area (Å²) >= 11 is 0. The van der Waals surface area contributed by atoms with Gasteiger partial charge in [0.1, 0.15) is 22.3 Å². The number of aromatic nitrogens is 1. The summed E-state index contributed by atoms with van der Waals surface area (Å²) in [5, 5.41) is 9.34. The Balaban J connectivity index is 0.970. The van der Waals surface area contributed by atoms with Gasteiger partial charge in [0.05, 0.1) is 16.7 Å². The van der Waals surface area contributed by atoms with Crippen LogP contribution in [0.1, 0.15) is 0 Å². The van der Waals surface area contributed by atoms with Crippen LogP contribution in [0, 0.1) is 0 Å². The van der Waals surface area contributed by atoms with Crippen LogP contribution in [-0.2, 0) is 0 Å². The molecule has 4 nitrogen and oxygen atoms in total. The van der Waals surface area contributed by atoms with Crippen LogP contribution in [0.3, 0.4) is 0 Å². The van der Waals surface area contributed by atoms with Crippen LogP contribution in [0.4, 0.5) is 17.1 Å². The fourth-order valence-electron chi connectivity index (χ4n) is 10.7. The van der Waals surface area contributed by atoms with E-state index in [-0.39, 0.29) is 0 Å². The standard InChI is InChI=1S/C64H40N2O2/c1-2-15-48-41(13-1)14-11-20-49(48)42-27-33-45(34-28-42)65(46-35-29-43(30-36-46)50-21-12-26-61-63(50)55-19-6-10-25-60(55)67-61)58-40-39-54-53-18-5-9-24-59(53)68-64(54)62(58)44-31-37-47(38-32-44)66-56-22-7-3-16-51(56)52-17-4-8-23-57(52)66/h1-40H. The normalized spacial score (nSPS) is 11.8. The molecule has 14 aromatic rings. The molecule has 0 unspecified atom stereocenters. The van der Waals surface area contributed by atoms with Crippen molar-refractivity contribution in [1.82, 2.24) is 4.57 Å². The highest BCUT2D eigenvalue weighted by Crippen LogP contribution is 2.48. The van der Waals surface area contributed by atoms with Gasteiger partial charge in [0.2, 0.25) is 0 Å². The fraction of sp³-hybridized carbons (Fsp3) is 0. The number of anilines is 3. The molecule has 14 rings (SSSR count). The summed E-state index contributed by atoms with van der Waals surface area (Å²) in [6.45, 7) is 0. The van der Waals surface area contributed by atoms with E-state index in [0.717, 1.165) is 94.4 Å². The predicted molar refractivity (Wildman–Crippen MR) is 284 cm³/mol. The maximum absolute atomic E-state index is 6.94. The minimum Gasteiger partial charge on any atom is -0.456 e. The Morgan fingerprint density at radius 2 is 0.838 bits per heavy atom. The molecular weight excluding hydrogens is 829 g/mol. The van der Waals surface area contributed by atoms with Crippen molar-refractivity contribution in [2.24, 2.45) is 0 Å². The molecule has 0 aliphatic heterocycles. The quantitative estimate of drug-likeness (QED) is 0.160. The maximum Gasteiger partial charge on any atom is 0.145 e. The van der Waals surface area contributed by atoms with Crippen LogP contribution < -0.4 is 4.90 Å². The highest BCUT2D eigenvalue weighted by atomic mass is 16.3. The molecule has 11 aromatic carbocycles. The van der Waals surface area contributed by atoms with Crippen molar-refractivity contribution in [3.05, 3.63) is 243 Å². The first-order valence-electron chi connectivity index (χ1n) is 23.2. The first-order valence-corrected chi connectivity index (χ1v) is 23.2. The molecule has 68 heavy (non-hydrogen) atoms. The molecule has 0 aliphatic carbocycles. The van der Waals surface area contributed by atoms with E-state index in [2.05, 4.69) is 234 Å². The summed E-state index contributed by atoms with van der Waals surface area (Å²) in [6.07, 6.45) is 0. The molecule has 318 valence electrons. The van der Waals surface area contributed by atoms with E-state index in [9.17, 15) is 0 Å².